The van der Waals surface area contributed by atoms with E-state index in [1.54, 1.807) is 13.3 Å². The molecule has 100 valence electrons. The van der Waals surface area contributed by atoms with Crippen molar-refractivity contribution in [3.05, 3.63) is 23.4 Å². The summed E-state index contributed by atoms with van der Waals surface area (Å²) in [5.74, 6) is 0.615. The number of nitrogens with two attached hydrogens (primary N) is 1. The Hall–Kier alpha value is -1.13. The van der Waals surface area contributed by atoms with Crippen molar-refractivity contribution in [2.45, 2.75) is 44.8 Å². The molecule has 1 aromatic rings. The van der Waals surface area contributed by atoms with E-state index in [1.165, 1.54) is 12.0 Å². The Morgan fingerprint density at radius 2 is 2.28 bits per heavy atom. The molecule has 0 saturated heterocycles. The third kappa shape index (κ3) is 2.10. The summed E-state index contributed by atoms with van der Waals surface area (Å²) in [6.45, 7) is 5.08. The highest BCUT2D eigenvalue weighted by Gasteiger charge is 2.46. The van der Waals surface area contributed by atoms with E-state index in [2.05, 4.69) is 24.1 Å². The zero-order valence-electron chi connectivity index (χ0n) is 11.5. The third-order valence-electron chi connectivity index (χ3n) is 4.07. The van der Waals surface area contributed by atoms with Gasteiger partial charge in [-0.3, -0.25) is 0 Å². The van der Waals surface area contributed by atoms with Crippen LogP contribution >= 0.6 is 0 Å². The summed E-state index contributed by atoms with van der Waals surface area (Å²) < 4.78 is 5.81. The Kier molecular flexibility index (Phi) is 3.88. The molecule has 0 bridgehead atoms. The summed E-state index contributed by atoms with van der Waals surface area (Å²) in [5.41, 5.74) is 8.24. The molecule has 0 spiro atoms. The number of pyridine rings is 1. The third-order valence-corrected chi connectivity index (χ3v) is 4.07. The number of rotatable bonds is 5. The highest BCUT2D eigenvalue weighted by molar-refractivity contribution is 5.47. The zero-order valence-corrected chi connectivity index (χ0v) is 11.5. The predicted molar refractivity (Wildman–Crippen MR) is 73.4 cm³/mol. The van der Waals surface area contributed by atoms with Gasteiger partial charge in [0.1, 0.15) is 5.82 Å². The van der Waals surface area contributed by atoms with Crippen molar-refractivity contribution in [3.63, 3.8) is 0 Å². The van der Waals surface area contributed by atoms with Gasteiger partial charge in [0.05, 0.1) is 11.6 Å². The number of hydrogen-bond donors (Lipinski definition) is 2. The van der Waals surface area contributed by atoms with Gasteiger partial charge in [0.25, 0.3) is 0 Å². The van der Waals surface area contributed by atoms with E-state index in [1.807, 2.05) is 6.07 Å². The smallest absolute Gasteiger partial charge is 0.128 e. The van der Waals surface area contributed by atoms with Crippen LogP contribution in [0, 0.1) is 6.92 Å². The fraction of sp³-hybridized carbons (Fsp3) is 0.643. The van der Waals surface area contributed by atoms with E-state index in [0.29, 0.717) is 5.82 Å². The second kappa shape index (κ2) is 5.24. The van der Waals surface area contributed by atoms with Gasteiger partial charge in [-0.15, -0.1) is 0 Å². The number of likely N-dealkylation sites (N-methyl/N-ethyl adjacent to an activating group) is 1. The molecule has 1 unspecified atom stereocenters. The molecule has 4 nitrogen and oxygen atoms in total. The lowest BCUT2D eigenvalue weighted by atomic mass is 9.71. The first-order valence-electron chi connectivity index (χ1n) is 6.64. The van der Waals surface area contributed by atoms with Gasteiger partial charge in [0.2, 0.25) is 0 Å². The van der Waals surface area contributed by atoms with Crippen LogP contribution in [-0.2, 0) is 4.74 Å². The number of ether oxygens (including phenoxy) is 1. The van der Waals surface area contributed by atoms with Gasteiger partial charge >= 0.3 is 0 Å². The highest BCUT2D eigenvalue weighted by atomic mass is 16.5. The maximum Gasteiger partial charge on any atom is 0.128 e. The summed E-state index contributed by atoms with van der Waals surface area (Å²) in [7, 11) is 1.80. The lowest BCUT2D eigenvalue weighted by molar-refractivity contribution is -0.0995. The fourth-order valence-corrected chi connectivity index (χ4v) is 2.86. The summed E-state index contributed by atoms with van der Waals surface area (Å²) in [4.78, 5) is 4.23. The van der Waals surface area contributed by atoms with Gasteiger partial charge in [0.15, 0.2) is 0 Å². The number of nitrogens with one attached hydrogen (secondary N) is 1. The minimum Gasteiger partial charge on any atom is -0.383 e. The molecule has 0 radical (unpaired) electrons. The van der Waals surface area contributed by atoms with Crippen molar-refractivity contribution >= 4 is 5.82 Å². The normalized spacial score (nSPS) is 19.3. The van der Waals surface area contributed by atoms with Crippen molar-refractivity contribution < 1.29 is 4.74 Å². The second-order valence-corrected chi connectivity index (χ2v) is 5.04. The molecule has 3 N–H and O–H groups in total. The van der Waals surface area contributed by atoms with Gasteiger partial charge in [-0.2, -0.15) is 0 Å². The number of anilines is 1. The van der Waals surface area contributed by atoms with Crippen LogP contribution in [0.2, 0.25) is 0 Å². The first-order chi connectivity index (χ1) is 8.64. The van der Waals surface area contributed by atoms with Crippen molar-refractivity contribution in [1.82, 2.24) is 10.3 Å². The van der Waals surface area contributed by atoms with Crippen LogP contribution in [0.4, 0.5) is 5.82 Å². The van der Waals surface area contributed by atoms with Crippen LogP contribution in [0.1, 0.15) is 43.4 Å². The standard InChI is InChI=1S/C14H23N3O/c1-4-16-12(14(18-3)7-5-8-14)11-10(2)6-9-17-13(11)15/h6,9,12,16H,4-5,7-8H2,1-3H3,(H2,15,17). The van der Waals surface area contributed by atoms with Crippen LogP contribution < -0.4 is 11.1 Å². The number of nitrogens with zero attached hydrogens (tertiary/aromatic N) is 1. The largest absolute Gasteiger partial charge is 0.383 e. The molecular formula is C14H23N3O. The van der Waals surface area contributed by atoms with Gasteiger partial charge in [-0.25, -0.2) is 4.98 Å². The molecule has 1 saturated carbocycles. The molecule has 2 rings (SSSR count). The molecule has 1 aliphatic carbocycles. The quantitative estimate of drug-likeness (QED) is 0.840. The lowest BCUT2D eigenvalue weighted by Crippen LogP contribution is -2.51. The first kappa shape index (κ1) is 13.3. The zero-order chi connectivity index (χ0) is 13.2. The Morgan fingerprint density at radius 1 is 1.56 bits per heavy atom. The highest BCUT2D eigenvalue weighted by Crippen LogP contribution is 2.46. The van der Waals surface area contributed by atoms with Gasteiger partial charge < -0.3 is 15.8 Å². The number of aryl methyl sites for hydroxylation is 1. The summed E-state index contributed by atoms with van der Waals surface area (Å²) in [5, 5.41) is 3.53. The Bertz CT molecular complexity index is 390. The van der Waals surface area contributed by atoms with E-state index in [0.717, 1.165) is 24.9 Å². The van der Waals surface area contributed by atoms with E-state index in [4.69, 9.17) is 10.5 Å². The molecule has 1 heterocycles. The van der Waals surface area contributed by atoms with Crippen molar-refractivity contribution in [1.29, 1.82) is 0 Å². The van der Waals surface area contributed by atoms with Gasteiger partial charge in [-0.05, 0) is 44.4 Å². The molecule has 1 fully saturated rings. The monoisotopic (exact) mass is 249 g/mol. The second-order valence-electron chi connectivity index (χ2n) is 5.04. The van der Waals surface area contributed by atoms with Gasteiger partial charge in [-0.1, -0.05) is 6.92 Å². The molecule has 18 heavy (non-hydrogen) atoms. The summed E-state index contributed by atoms with van der Waals surface area (Å²) >= 11 is 0. The average Bonchev–Trinajstić information content (AvgIpc) is 2.28. The number of nitrogen functional groups attached to an aromatic ring is 1. The van der Waals surface area contributed by atoms with Crippen LogP contribution in [-0.4, -0.2) is 24.2 Å². The maximum absolute atomic E-state index is 6.08. The molecule has 4 heteroatoms. The molecule has 1 aromatic heterocycles. The van der Waals surface area contributed by atoms with Crippen LogP contribution in [0.5, 0.6) is 0 Å². The summed E-state index contributed by atoms with van der Waals surface area (Å²) in [6.07, 6.45) is 5.14. The maximum atomic E-state index is 6.08. The fourth-order valence-electron chi connectivity index (χ4n) is 2.86. The van der Waals surface area contributed by atoms with Crippen molar-refractivity contribution in [2.24, 2.45) is 0 Å². The van der Waals surface area contributed by atoms with Crippen LogP contribution in [0.25, 0.3) is 0 Å². The molecule has 1 atom stereocenters. The van der Waals surface area contributed by atoms with E-state index < -0.39 is 0 Å². The summed E-state index contributed by atoms with van der Waals surface area (Å²) in [6, 6.07) is 2.15. The van der Waals surface area contributed by atoms with Gasteiger partial charge in [0, 0.05) is 18.9 Å². The molecule has 1 aliphatic rings. The van der Waals surface area contributed by atoms with Crippen molar-refractivity contribution in [2.75, 3.05) is 19.4 Å². The average molecular weight is 249 g/mol. The molecule has 0 amide bonds. The van der Waals surface area contributed by atoms with E-state index >= 15 is 0 Å². The molecule has 0 aliphatic heterocycles. The SMILES string of the molecule is CCNC(c1c(C)ccnc1N)C1(OC)CCC1. The Morgan fingerprint density at radius 3 is 2.72 bits per heavy atom. The first-order valence-corrected chi connectivity index (χ1v) is 6.64. The number of methoxy groups -OCH3 is 1. The Labute approximate surface area is 109 Å². The Balaban J connectivity index is 2.41. The predicted octanol–water partition coefficient (Wildman–Crippen LogP) is 2.19. The minimum atomic E-state index is -0.113. The van der Waals surface area contributed by atoms with Crippen LogP contribution in [0.15, 0.2) is 12.3 Å². The molecular weight excluding hydrogens is 226 g/mol. The van der Waals surface area contributed by atoms with Crippen LogP contribution in [0.3, 0.4) is 0 Å². The number of hydrogen-bond acceptors (Lipinski definition) is 4. The molecule has 0 aromatic carbocycles. The van der Waals surface area contributed by atoms with E-state index in [9.17, 15) is 0 Å². The van der Waals surface area contributed by atoms with Crippen molar-refractivity contribution in [3.8, 4) is 0 Å². The minimum absolute atomic E-state index is 0.113. The number of aromatic nitrogens is 1. The lowest BCUT2D eigenvalue weighted by Gasteiger charge is -2.47. The topological polar surface area (TPSA) is 60.2 Å². The van der Waals surface area contributed by atoms with E-state index in [-0.39, 0.29) is 11.6 Å².